The van der Waals surface area contributed by atoms with E-state index in [1.54, 1.807) is 36.4 Å². The lowest BCUT2D eigenvalue weighted by Gasteiger charge is -2.16. The van der Waals surface area contributed by atoms with Crippen molar-refractivity contribution < 1.29 is 9.18 Å². The van der Waals surface area contributed by atoms with Crippen LogP contribution in [-0.4, -0.2) is 5.91 Å². The summed E-state index contributed by atoms with van der Waals surface area (Å²) in [4.78, 5) is 12.4. The fourth-order valence-electron chi connectivity index (χ4n) is 2.36. The molecule has 0 unspecified atom stereocenters. The molecule has 1 aliphatic rings. The maximum Gasteiger partial charge on any atom is 0.235 e. The zero-order valence-corrected chi connectivity index (χ0v) is 11.5. The number of nitrogens with one attached hydrogen (secondary N) is 1. The number of benzene rings is 2. The molecule has 4 heteroatoms. The third kappa shape index (κ3) is 2.41. The predicted octanol–water partition coefficient (Wildman–Crippen LogP) is 4.15. The first-order chi connectivity index (χ1) is 9.60. The molecule has 20 heavy (non-hydrogen) atoms. The molecule has 3 rings (SSSR count). The number of anilines is 1. The summed E-state index contributed by atoms with van der Waals surface area (Å²) in [6.45, 7) is 0. The molecule has 1 N–H and O–H groups in total. The quantitative estimate of drug-likeness (QED) is 0.903. The lowest BCUT2D eigenvalue weighted by Crippen LogP contribution is -2.27. The summed E-state index contributed by atoms with van der Waals surface area (Å²) in [5.41, 5.74) is 1.02. The van der Waals surface area contributed by atoms with E-state index < -0.39 is 5.41 Å². The van der Waals surface area contributed by atoms with Crippen molar-refractivity contribution in [2.45, 2.75) is 18.3 Å². The van der Waals surface area contributed by atoms with E-state index in [-0.39, 0.29) is 11.7 Å². The van der Waals surface area contributed by atoms with E-state index in [0.717, 1.165) is 18.4 Å². The van der Waals surface area contributed by atoms with Crippen molar-refractivity contribution >= 4 is 23.2 Å². The fourth-order valence-corrected chi connectivity index (χ4v) is 2.55. The van der Waals surface area contributed by atoms with Crippen LogP contribution in [0.2, 0.25) is 5.02 Å². The van der Waals surface area contributed by atoms with Gasteiger partial charge in [-0.05, 0) is 48.7 Å². The molecule has 0 aromatic heterocycles. The van der Waals surface area contributed by atoms with E-state index in [1.807, 2.05) is 0 Å². The van der Waals surface area contributed by atoms with Crippen molar-refractivity contribution in [3.63, 3.8) is 0 Å². The Hall–Kier alpha value is -1.87. The molecular formula is C16H13ClFNO. The molecule has 1 saturated carbocycles. The molecule has 0 atom stereocenters. The number of amides is 1. The number of halogens is 2. The number of hydrogen-bond donors (Lipinski definition) is 1. The van der Waals surface area contributed by atoms with E-state index >= 15 is 0 Å². The maximum atomic E-state index is 13.0. The Morgan fingerprint density at radius 3 is 2.45 bits per heavy atom. The second-order valence-corrected chi connectivity index (χ2v) is 5.49. The van der Waals surface area contributed by atoms with Crippen molar-refractivity contribution in [3.8, 4) is 0 Å². The van der Waals surface area contributed by atoms with Crippen LogP contribution in [0.25, 0.3) is 0 Å². The fraction of sp³-hybridized carbons (Fsp3) is 0.188. The van der Waals surface area contributed by atoms with Gasteiger partial charge >= 0.3 is 0 Å². The predicted molar refractivity (Wildman–Crippen MR) is 77.4 cm³/mol. The Morgan fingerprint density at radius 2 is 1.85 bits per heavy atom. The first-order valence-electron chi connectivity index (χ1n) is 6.43. The Kier molecular flexibility index (Phi) is 3.22. The second kappa shape index (κ2) is 4.91. The van der Waals surface area contributed by atoms with Gasteiger partial charge in [0.1, 0.15) is 5.82 Å². The normalized spacial score (nSPS) is 15.7. The largest absolute Gasteiger partial charge is 0.325 e. The highest BCUT2D eigenvalue weighted by molar-refractivity contribution is 6.30. The lowest BCUT2D eigenvalue weighted by molar-refractivity contribution is -0.118. The minimum absolute atomic E-state index is 0.0635. The monoisotopic (exact) mass is 289 g/mol. The molecular weight excluding hydrogens is 277 g/mol. The number of carbonyl (C=O) groups is 1. The van der Waals surface area contributed by atoms with Crippen molar-refractivity contribution in [1.82, 2.24) is 0 Å². The molecule has 102 valence electrons. The molecule has 0 spiro atoms. The van der Waals surface area contributed by atoms with Gasteiger partial charge in [0.05, 0.1) is 5.41 Å². The van der Waals surface area contributed by atoms with Gasteiger partial charge in [-0.2, -0.15) is 0 Å². The molecule has 0 bridgehead atoms. The first kappa shape index (κ1) is 13.1. The SMILES string of the molecule is O=C(Nc1cccc(Cl)c1)C1(c2ccc(F)cc2)CC1. The maximum absolute atomic E-state index is 13.0. The van der Waals surface area contributed by atoms with Crippen LogP contribution in [0, 0.1) is 5.82 Å². The Labute approximate surface area is 121 Å². The highest BCUT2D eigenvalue weighted by Gasteiger charge is 2.51. The average molecular weight is 290 g/mol. The first-order valence-corrected chi connectivity index (χ1v) is 6.81. The Balaban J connectivity index is 1.81. The van der Waals surface area contributed by atoms with Gasteiger partial charge in [0, 0.05) is 10.7 Å². The van der Waals surface area contributed by atoms with E-state index in [4.69, 9.17) is 11.6 Å². The van der Waals surface area contributed by atoms with Crippen LogP contribution < -0.4 is 5.32 Å². The zero-order valence-electron chi connectivity index (χ0n) is 10.7. The highest BCUT2D eigenvalue weighted by atomic mass is 35.5. The summed E-state index contributed by atoms with van der Waals surface area (Å²) in [5.74, 6) is -0.355. The molecule has 1 aliphatic carbocycles. The molecule has 0 heterocycles. The van der Waals surface area contributed by atoms with Gasteiger partial charge in [-0.1, -0.05) is 29.8 Å². The number of rotatable bonds is 3. The molecule has 2 nitrogen and oxygen atoms in total. The van der Waals surface area contributed by atoms with Crippen molar-refractivity contribution in [1.29, 1.82) is 0 Å². The minimum Gasteiger partial charge on any atom is -0.325 e. The molecule has 1 amide bonds. The second-order valence-electron chi connectivity index (χ2n) is 5.05. The van der Waals surface area contributed by atoms with Gasteiger partial charge in [0.25, 0.3) is 0 Å². The van der Waals surface area contributed by atoms with E-state index in [1.165, 1.54) is 12.1 Å². The highest BCUT2D eigenvalue weighted by Crippen LogP contribution is 2.49. The minimum atomic E-state index is -0.518. The van der Waals surface area contributed by atoms with Gasteiger partial charge in [-0.25, -0.2) is 4.39 Å². The van der Waals surface area contributed by atoms with Gasteiger partial charge in [-0.15, -0.1) is 0 Å². The zero-order chi connectivity index (χ0) is 14.2. The summed E-state index contributed by atoms with van der Waals surface area (Å²) in [7, 11) is 0. The lowest BCUT2D eigenvalue weighted by atomic mass is 9.95. The van der Waals surface area contributed by atoms with Crippen LogP contribution >= 0.6 is 11.6 Å². The van der Waals surface area contributed by atoms with E-state index in [0.29, 0.717) is 10.7 Å². The van der Waals surface area contributed by atoms with Crippen molar-refractivity contribution in [3.05, 3.63) is 64.9 Å². The van der Waals surface area contributed by atoms with Crippen LogP contribution in [0.1, 0.15) is 18.4 Å². The van der Waals surface area contributed by atoms with Crippen molar-refractivity contribution in [2.24, 2.45) is 0 Å². The summed E-state index contributed by atoms with van der Waals surface area (Å²) in [5, 5.41) is 3.46. The average Bonchev–Trinajstić information content (AvgIpc) is 3.21. The van der Waals surface area contributed by atoms with Crippen LogP contribution in [0.5, 0.6) is 0 Å². The Morgan fingerprint density at radius 1 is 1.15 bits per heavy atom. The molecule has 2 aromatic rings. The third-order valence-corrected chi connectivity index (χ3v) is 3.90. The Bertz CT molecular complexity index is 650. The van der Waals surface area contributed by atoms with Crippen LogP contribution in [0.15, 0.2) is 48.5 Å². The smallest absolute Gasteiger partial charge is 0.235 e. The third-order valence-electron chi connectivity index (χ3n) is 3.66. The molecule has 1 fully saturated rings. The van der Waals surface area contributed by atoms with Gasteiger partial charge in [0.15, 0.2) is 0 Å². The number of carbonyl (C=O) groups excluding carboxylic acids is 1. The number of hydrogen-bond acceptors (Lipinski definition) is 1. The van der Waals surface area contributed by atoms with Crippen LogP contribution in [0.4, 0.5) is 10.1 Å². The molecule has 2 aromatic carbocycles. The standard InChI is InChI=1S/C16H13ClFNO/c17-12-2-1-3-14(10-12)19-15(20)16(8-9-16)11-4-6-13(18)7-5-11/h1-7,10H,8-9H2,(H,19,20). The van der Waals surface area contributed by atoms with Gasteiger partial charge in [0.2, 0.25) is 5.91 Å². The molecule has 0 aliphatic heterocycles. The van der Waals surface area contributed by atoms with Crippen LogP contribution in [-0.2, 0) is 10.2 Å². The van der Waals surface area contributed by atoms with E-state index in [9.17, 15) is 9.18 Å². The van der Waals surface area contributed by atoms with Crippen LogP contribution in [0.3, 0.4) is 0 Å². The summed E-state index contributed by atoms with van der Waals surface area (Å²) in [6, 6.07) is 13.2. The van der Waals surface area contributed by atoms with Gasteiger partial charge < -0.3 is 5.32 Å². The summed E-state index contributed by atoms with van der Waals surface area (Å²) >= 11 is 5.90. The summed E-state index contributed by atoms with van der Waals surface area (Å²) < 4.78 is 13.0. The topological polar surface area (TPSA) is 29.1 Å². The molecule has 0 radical (unpaired) electrons. The van der Waals surface area contributed by atoms with Gasteiger partial charge in [-0.3, -0.25) is 4.79 Å². The van der Waals surface area contributed by atoms with E-state index in [2.05, 4.69) is 5.32 Å². The molecule has 0 saturated heterocycles. The van der Waals surface area contributed by atoms with Crippen molar-refractivity contribution in [2.75, 3.05) is 5.32 Å². The summed E-state index contributed by atoms with van der Waals surface area (Å²) in [6.07, 6.45) is 1.57.